The van der Waals surface area contributed by atoms with Crippen LogP contribution >= 0.6 is 0 Å². The minimum absolute atomic E-state index is 0.0934. The van der Waals surface area contributed by atoms with Gasteiger partial charge in [-0.05, 0) is 19.3 Å². The van der Waals surface area contributed by atoms with Gasteiger partial charge < -0.3 is 0 Å². The maximum atomic E-state index is 12.5. The van der Waals surface area contributed by atoms with Crippen LogP contribution in [0.3, 0.4) is 0 Å². The number of hydrogen-bond acceptors (Lipinski definition) is 2. The van der Waals surface area contributed by atoms with E-state index in [4.69, 9.17) is 0 Å². The third-order valence-corrected chi connectivity index (χ3v) is 2.99. The molecule has 1 aromatic rings. The Bertz CT molecular complexity index is 307. The highest BCUT2D eigenvalue weighted by Gasteiger charge is 2.42. The zero-order chi connectivity index (χ0) is 10.9. The fourth-order valence-corrected chi connectivity index (χ4v) is 2.16. The van der Waals surface area contributed by atoms with E-state index in [0.717, 1.165) is 6.42 Å². The van der Waals surface area contributed by atoms with Crippen LogP contribution in [0, 0.1) is 5.92 Å². The topological polar surface area (TPSA) is 41.6 Å². The highest BCUT2D eigenvalue weighted by molar-refractivity contribution is 5.03. The number of alkyl halides is 3. The van der Waals surface area contributed by atoms with Crippen LogP contribution in [0.15, 0.2) is 6.20 Å². The van der Waals surface area contributed by atoms with Crippen LogP contribution < -0.4 is 0 Å². The SMILES string of the molecule is FC(F)(F)[C@@H]1CCC[C@@H](c2cn[nH]n2)C1. The minimum atomic E-state index is -4.07. The monoisotopic (exact) mass is 219 g/mol. The van der Waals surface area contributed by atoms with Crippen molar-refractivity contribution in [3.05, 3.63) is 11.9 Å². The maximum absolute atomic E-state index is 12.5. The van der Waals surface area contributed by atoms with E-state index in [1.165, 1.54) is 6.20 Å². The van der Waals surface area contributed by atoms with E-state index in [1.54, 1.807) is 0 Å². The molecule has 2 rings (SSSR count). The smallest absolute Gasteiger partial charge is 0.198 e. The predicted octanol–water partition coefficient (Wildman–Crippen LogP) is 2.64. The average molecular weight is 219 g/mol. The van der Waals surface area contributed by atoms with E-state index < -0.39 is 12.1 Å². The summed E-state index contributed by atoms with van der Waals surface area (Å²) in [5.74, 6) is -1.27. The lowest BCUT2D eigenvalue weighted by Crippen LogP contribution is -2.28. The number of halogens is 3. The van der Waals surface area contributed by atoms with Gasteiger partial charge in [-0.25, -0.2) is 0 Å². The van der Waals surface area contributed by atoms with Crippen molar-refractivity contribution in [3.8, 4) is 0 Å². The van der Waals surface area contributed by atoms with Gasteiger partial charge in [0.1, 0.15) is 0 Å². The van der Waals surface area contributed by atoms with E-state index in [1.807, 2.05) is 0 Å². The zero-order valence-electron chi connectivity index (χ0n) is 8.09. The second kappa shape index (κ2) is 3.83. The first-order valence-corrected chi connectivity index (χ1v) is 4.99. The average Bonchev–Trinajstić information content (AvgIpc) is 2.69. The normalized spacial score (nSPS) is 27.9. The molecule has 1 aliphatic carbocycles. The quantitative estimate of drug-likeness (QED) is 0.788. The van der Waals surface area contributed by atoms with Crippen LogP contribution in [-0.2, 0) is 0 Å². The van der Waals surface area contributed by atoms with Gasteiger partial charge >= 0.3 is 6.18 Å². The van der Waals surface area contributed by atoms with E-state index in [0.29, 0.717) is 12.1 Å². The summed E-state index contributed by atoms with van der Waals surface area (Å²) in [5.41, 5.74) is 0.656. The zero-order valence-corrected chi connectivity index (χ0v) is 8.09. The first-order chi connectivity index (χ1) is 7.07. The van der Waals surface area contributed by atoms with Gasteiger partial charge in [0, 0.05) is 5.92 Å². The Labute approximate surface area is 85.1 Å². The molecule has 1 N–H and O–H groups in total. The van der Waals surface area contributed by atoms with Crippen LogP contribution in [-0.4, -0.2) is 21.6 Å². The second-order valence-electron chi connectivity index (χ2n) is 4.00. The van der Waals surface area contributed by atoms with Gasteiger partial charge in [0.05, 0.1) is 17.8 Å². The molecule has 1 fully saturated rings. The van der Waals surface area contributed by atoms with Crippen LogP contribution in [0.5, 0.6) is 0 Å². The Morgan fingerprint density at radius 3 is 2.73 bits per heavy atom. The van der Waals surface area contributed by atoms with E-state index in [9.17, 15) is 13.2 Å². The molecular weight excluding hydrogens is 207 g/mol. The molecule has 3 nitrogen and oxygen atoms in total. The van der Waals surface area contributed by atoms with E-state index in [2.05, 4.69) is 15.4 Å². The number of nitrogens with one attached hydrogen (secondary N) is 1. The summed E-state index contributed by atoms with van der Waals surface area (Å²) in [7, 11) is 0. The van der Waals surface area contributed by atoms with Crippen molar-refractivity contribution >= 4 is 0 Å². The summed E-state index contributed by atoms with van der Waals surface area (Å²) >= 11 is 0. The van der Waals surface area contributed by atoms with Gasteiger partial charge in [0.15, 0.2) is 0 Å². The molecule has 1 aromatic heterocycles. The molecule has 1 heterocycles. The van der Waals surface area contributed by atoms with Gasteiger partial charge in [-0.15, -0.1) is 0 Å². The fourth-order valence-electron chi connectivity index (χ4n) is 2.16. The molecule has 0 aromatic carbocycles. The molecule has 6 heteroatoms. The number of H-pyrrole nitrogens is 1. The highest BCUT2D eigenvalue weighted by atomic mass is 19.4. The molecule has 0 saturated heterocycles. The van der Waals surface area contributed by atoms with Crippen molar-refractivity contribution in [2.75, 3.05) is 0 Å². The maximum Gasteiger partial charge on any atom is 0.391 e. The predicted molar refractivity (Wildman–Crippen MR) is 47.1 cm³/mol. The summed E-state index contributed by atoms with van der Waals surface area (Å²) in [4.78, 5) is 0. The van der Waals surface area contributed by atoms with E-state index in [-0.39, 0.29) is 18.8 Å². The summed E-state index contributed by atoms with van der Waals surface area (Å²) in [6, 6.07) is 0. The lowest BCUT2D eigenvalue weighted by Gasteiger charge is -2.29. The standard InChI is InChI=1S/C9H12F3N3/c10-9(11,12)7-3-1-2-6(4-7)8-5-13-15-14-8/h5-7H,1-4H2,(H,13,14,15)/t6-,7-/m1/s1. The second-order valence-corrected chi connectivity index (χ2v) is 4.00. The van der Waals surface area contributed by atoms with Crippen molar-refractivity contribution in [2.45, 2.75) is 37.8 Å². The van der Waals surface area contributed by atoms with Gasteiger partial charge in [0.2, 0.25) is 0 Å². The molecule has 0 amide bonds. The van der Waals surface area contributed by atoms with Gasteiger partial charge in [-0.1, -0.05) is 6.42 Å². The fraction of sp³-hybridized carbons (Fsp3) is 0.778. The largest absolute Gasteiger partial charge is 0.391 e. The van der Waals surface area contributed by atoms with Crippen molar-refractivity contribution in [3.63, 3.8) is 0 Å². The third kappa shape index (κ3) is 2.30. The number of nitrogens with zero attached hydrogens (tertiary/aromatic N) is 2. The molecule has 0 bridgehead atoms. The van der Waals surface area contributed by atoms with Gasteiger partial charge in [-0.3, -0.25) is 0 Å². The van der Waals surface area contributed by atoms with Gasteiger partial charge in [0.25, 0.3) is 0 Å². The molecule has 0 radical (unpaired) electrons. The summed E-state index contributed by atoms with van der Waals surface area (Å²) in [5, 5.41) is 9.92. The molecule has 0 spiro atoms. The number of aromatic nitrogens is 3. The molecular formula is C9H12F3N3. The Balaban J connectivity index is 2.05. The highest BCUT2D eigenvalue weighted by Crippen LogP contribution is 2.42. The first-order valence-electron chi connectivity index (χ1n) is 4.99. The summed E-state index contributed by atoms with van der Waals surface area (Å²) in [6.45, 7) is 0. The molecule has 15 heavy (non-hydrogen) atoms. The van der Waals surface area contributed by atoms with Crippen LogP contribution in [0.2, 0.25) is 0 Å². The van der Waals surface area contributed by atoms with Crippen molar-refractivity contribution < 1.29 is 13.2 Å². The molecule has 0 aliphatic heterocycles. The molecule has 2 atom stereocenters. The van der Waals surface area contributed by atoms with Crippen LogP contribution in [0.1, 0.15) is 37.3 Å². The number of hydrogen-bond donors (Lipinski definition) is 1. The Morgan fingerprint density at radius 2 is 2.13 bits per heavy atom. The Morgan fingerprint density at radius 1 is 1.33 bits per heavy atom. The van der Waals surface area contributed by atoms with E-state index >= 15 is 0 Å². The van der Waals surface area contributed by atoms with Gasteiger partial charge in [-0.2, -0.15) is 28.6 Å². The lowest BCUT2D eigenvalue weighted by molar-refractivity contribution is -0.183. The number of rotatable bonds is 1. The Hall–Kier alpha value is -1.07. The molecule has 84 valence electrons. The van der Waals surface area contributed by atoms with Crippen LogP contribution in [0.4, 0.5) is 13.2 Å². The Kier molecular flexibility index (Phi) is 2.67. The van der Waals surface area contributed by atoms with Crippen molar-refractivity contribution in [2.24, 2.45) is 5.92 Å². The van der Waals surface area contributed by atoms with Crippen LogP contribution in [0.25, 0.3) is 0 Å². The third-order valence-electron chi connectivity index (χ3n) is 2.99. The molecule has 0 unspecified atom stereocenters. The number of aromatic amines is 1. The van der Waals surface area contributed by atoms with Crippen molar-refractivity contribution in [1.82, 2.24) is 15.4 Å². The van der Waals surface area contributed by atoms with Crippen molar-refractivity contribution in [1.29, 1.82) is 0 Å². The summed E-state index contributed by atoms with van der Waals surface area (Å²) < 4.78 is 37.5. The first kappa shape index (κ1) is 10.4. The minimum Gasteiger partial charge on any atom is -0.198 e. The lowest BCUT2D eigenvalue weighted by atomic mass is 9.80. The molecule has 1 aliphatic rings. The summed E-state index contributed by atoms with van der Waals surface area (Å²) in [6.07, 6.45) is -0.763. The molecule has 1 saturated carbocycles.